The van der Waals surface area contributed by atoms with Crippen LogP contribution in [0.2, 0.25) is 0 Å². The Morgan fingerprint density at radius 3 is 2.62 bits per heavy atom. The van der Waals surface area contributed by atoms with Crippen molar-refractivity contribution in [1.82, 2.24) is 9.97 Å². The molecule has 0 aliphatic heterocycles. The number of anilines is 1. The molecule has 106 valence electrons. The van der Waals surface area contributed by atoms with Gasteiger partial charge in [-0.25, -0.2) is 9.97 Å². The number of aromatic nitrogens is 2. The van der Waals surface area contributed by atoms with Crippen molar-refractivity contribution in [1.29, 1.82) is 0 Å². The first-order valence-electron chi connectivity index (χ1n) is 7.38. The molecular weight excluding hydrogens is 258 g/mol. The van der Waals surface area contributed by atoms with Crippen LogP contribution < -0.4 is 5.73 Å². The fraction of sp³-hybridized carbons (Fsp3) is 0.222. The molecule has 0 atom stereocenters. The van der Waals surface area contributed by atoms with Gasteiger partial charge in [0.25, 0.3) is 0 Å². The number of pyridine rings is 2. The summed E-state index contributed by atoms with van der Waals surface area (Å²) in [5.41, 5.74) is 11.2. The molecule has 0 amide bonds. The smallest absolute Gasteiger partial charge is 0.161 e. The Hall–Kier alpha value is -2.42. The first-order chi connectivity index (χ1) is 10.3. The van der Waals surface area contributed by atoms with Crippen LogP contribution in [0.25, 0.3) is 22.2 Å². The lowest BCUT2D eigenvalue weighted by molar-refractivity contribution is 0.795. The molecule has 2 heterocycles. The molecule has 0 bridgehead atoms. The number of aryl methyl sites for hydroxylation is 1. The average Bonchev–Trinajstić information content (AvgIpc) is 2.54. The molecule has 2 aromatic heterocycles. The van der Waals surface area contributed by atoms with Crippen LogP contribution in [0.4, 0.5) is 5.69 Å². The molecular formula is C18H19N3. The van der Waals surface area contributed by atoms with E-state index in [1.54, 1.807) is 6.20 Å². The molecule has 0 saturated carbocycles. The van der Waals surface area contributed by atoms with Gasteiger partial charge < -0.3 is 5.73 Å². The van der Waals surface area contributed by atoms with Crippen LogP contribution in [-0.4, -0.2) is 9.97 Å². The van der Waals surface area contributed by atoms with Crippen LogP contribution in [0, 0.1) is 0 Å². The Bertz CT molecular complexity index is 748. The predicted octanol–water partition coefficient (Wildman–Crippen LogP) is 4.22. The third-order valence-corrected chi connectivity index (χ3v) is 3.77. The minimum Gasteiger partial charge on any atom is -0.398 e. The lowest BCUT2D eigenvalue weighted by Gasteiger charge is -2.09. The fourth-order valence-electron chi connectivity index (χ4n) is 2.51. The zero-order valence-electron chi connectivity index (χ0n) is 12.2. The second kappa shape index (κ2) is 5.92. The van der Waals surface area contributed by atoms with E-state index in [0.29, 0.717) is 5.65 Å². The van der Waals surface area contributed by atoms with Crippen molar-refractivity contribution in [2.24, 2.45) is 0 Å². The Morgan fingerprint density at radius 2 is 1.86 bits per heavy atom. The van der Waals surface area contributed by atoms with E-state index in [-0.39, 0.29) is 0 Å². The first-order valence-corrected chi connectivity index (χ1v) is 7.38. The van der Waals surface area contributed by atoms with Crippen molar-refractivity contribution < 1.29 is 0 Å². The highest BCUT2D eigenvalue weighted by molar-refractivity contribution is 5.96. The summed E-state index contributed by atoms with van der Waals surface area (Å²) in [5, 5.41) is 0.907. The van der Waals surface area contributed by atoms with Gasteiger partial charge in [0.05, 0.1) is 5.69 Å². The normalized spacial score (nSPS) is 10.9. The van der Waals surface area contributed by atoms with E-state index in [0.717, 1.165) is 28.6 Å². The molecule has 0 unspecified atom stereocenters. The van der Waals surface area contributed by atoms with Crippen LogP contribution in [0.15, 0.2) is 48.8 Å². The Balaban J connectivity index is 1.98. The summed E-state index contributed by atoms with van der Waals surface area (Å²) in [6.07, 6.45) is 7.12. The molecule has 3 nitrogen and oxygen atoms in total. The maximum atomic E-state index is 6.29. The molecule has 2 N–H and O–H groups in total. The number of nitrogens with two attached hydrogens (primary N) is 1. The summed E-state index contributed by atoms with van der Waals surface area (Å²) in [7, 11) is 0. The van der Waals surface area contributed by atoms with Crippen molar-refractivity contribution in [3.05, 3.63) is 54.4 Å². The summed E-state index contributed by atoms with van der Waals surface area (Å²) in [5.74, 6) is 0. The van der Waals surface area contributed by atoms with Gasteiger partial charge in [-0.1, -0.05) is 37.6 Å². The number of fused-ring (bicyclic) bond motifs is 1. The molecule has 21 heavy (non-hydrogen) atoms. The predicted molar refractivity (Wildman–Crippen MR) is 88.0 cm³/mol. The van der Waals surface area contributed by atoms with Crippen LogP contribution in [-0.2, 0) is 6.42 Å². The molecule has 0 saturated heterocycles. The van der Waals surface area contributed by atoms with Crippen LogP contribution >= 0.6 is 0 Å². The topological polar surface area (TPSA) is 51.8 Å². The van der Waals surface area contributed by atoms with Crippen LogP contribution in [0.5, 0.6) is 0 Å². The van der Waals surface area contributed by atoms with E-state index in [1.165, 1.54) is 18.4 Å². The minimum absolute atomic E-state index is 0.693. The van der Waals surface area contributed by atoms with Crippen molar-refractivity contribution in [3.63, 3.8) is 0 Å². The lowest BCUT2D eigenvalue weighted by Crippen LogP contribution is -1.95. The highest BCUT2D eigenvalue weighted by Gasteiger charge is 2.08. The largest absolute Gasteiger partial charge is 0.398 e. The van der Waals surface area contributed by atoms with Crippen molar-refractivity contribution >= 4 is 16.7 Å². The lowest BCUT2D eigenvalue weighted by atomic mass is 10.0. The number of unbranched alkanes of at least 4 members (excludes halogenated alkanes) is 1. The molecule has 3 rings (SSSR count). The van der Waals surface area contributed by atoms with E-state index in [1.807, 2.05) is 18.3 Å². The second-order valence-electron chi connectivity index (χ2n) is 5.26. The molecule has 0 radical (unpaired) electrons. The minimum atomic E-state index is 0.693. The molecule has 3 aromatic rings. The van der Waals surface area contributed by atoms with Gasteiger partial charge in [-0.3, -0.25) is 0 Å². The highest BCUT2D eigenvalue weighted by Crippen LogP contribution is 2.30. The average molecular weight is 277 g/mol. The van der Waals surface area contributed by atoms with Crippen molar-refractivity contribution in [3.8, 4) is 11.1 Å². The first kappa shape index (κ1) is 13.6. The van der Waals surface area contributed by atoms with Gasteiger partial charge in [-0.15, -0.1) is 0 Å². The van der Waals surface area contributed by atoms with Crippen molar-refractivity contribution in [2.75, 3.05) is 5.73 Å². The fourth-order valence-corrected chi connectivity index (χ4v) is 2.51. The number of nitrogen functional groups attached to an aromatic ring is 1. The monoisotopic (exact) mass is 277 g/mol. The van der Waals surface area contributed by atoms with Gasteiger partial charge in [-0.05, 0) is 36.1 Å². The van der Waals surface area contributed by atoms with Crippen molar-refractivity contribution in [2.45, 2.75) is 26.2 Å². The summed E-state index contributed by atoms with van der Waals surface area (Å²) in [6.45, 7) is 2.21. The van der Waals surface area contributed by atoms with Gasteiger partial charge in [0.1, 0.15) is 0 Å². The van der Waals surface area contributed by atoms with Crippen LogP contribution in [0.3, 0.4) is 0 Å². The summed E-state index contributed by atoms with van der Waals surface area (Å²) in [6, 6.07) is 12.5. The molecule has 3 heteroatoms. The molecule has 0 spiro atoms. The Labute approximate surface area is 124 Å². The number of benzene rings is 1. The van der Waals surface area contributed by atoms with Gasteiger partial charge in [0.15, 0.2) is 5.65 Å². The number of nitrogens with zero attached hydrogens (tertiary/aromatic N) is 2. The van der Waals surface area contributed by atoms with Gasteiger partial charge >= 0.3 is 0 Å². The van der Waals surface area contributed by atoms with Crippen LogP contribution in [0.1, 0.15) is 25.3 Å². The second-order valence-corrected chi connectivity index (χ2v) is 5.26. The Morgan fingerprint density at radius 1 is 1.05 bits per heavy atom. The van der Waals surface area contributed by atoms with E-state index < -0.39 is 0 Å². The summed E-state index contributed by atoms with van der Waals surface area (Å²) >= 11 is 0. The Kier molecular flexibility index (Phi) is 3.82. The number of hydrogen-bond donors (Lipinski definition) is 1. The molecule has 0 aliphatic rings. The zero-order valence-corrected chi connectivity index (χ0v) is 12.2. The van der Waals surface area contributed by atoms with E-state index in [9.17, 15) is 0 Å². The number of hydrogen-bond acceptors (Lipinski definition) is 3. The van der Waals surface area contributed by atoms with E-state index in [2.05, 4.69) is 41.2 Å². The SMILES string of the molecule is CCCCc1ccc(-c2cnc3ncccc3c2N)cc1. The number of rotatable bonds is 4. The van der Waals surface area contributed by atoms with E-state index >= 15 is 0 Å². The molecule has 0 aliphatic carbocycles. The summed E-state index contributed by atoms with van der Waals surface area (Å²) in [4.78, 5) is 8.63. The van der Waals surface area contributed by atoms with E-state index in [4.69, 9.17) is 5.73 Å². The van der Waals surface area contributed by atoms with Gasteiger partial charge in [-0.2, -0.15) is 0 Å². The quantitative estimate of drug-likeness (QED) is 0.776. The third-order valence-electron chi connectivity index (χ3n) is 3.77. The van der Waals surface area contributed by atoms with Gasteiger partial charge in [0, 0.05) is 23.3 Å². The molecule has 0 fully saturated rings. The zero-order chi connectivity index (χ0) is 14.7. The summed E-state index contributed by atoms with van der Waals surface area (Å²) < 4.78 is 0. The molecule has 1 aromatic carbocycles. The maximum Gasteiger partial charge on any atom is 0.161 e. The third kappa shape index (κ3) is 2.72. The standard InChI is InChI=1S/C18H19N3/c1-2-3-5-13-7-9-14(10-8-13)16-12-21-18-15(17(16)19)6-4-11-20-18/h4,6-12H,2-3,5H2,1H3,(H2,19,20,21). The van der Waals surface area contributed by atoms with Gasteiger partial charge in [0.2, 0.25) is 0 Å². The maximum absolute atomic E-state index is 6.29. The highest BCUT2D eigenvalue weighted by atomic mass is 14.8.